The van der Waals surface area contributed by atoms with Crippen molar-refractivity contribution in [2.45, 2.75) is 24.8 Å². The average molecular weight is 193 g/mol. The van der Waals surface area contributed by atoms with Gasteiger partial charge in [-0.2, -0.15) is 0 Å². The molecule has 0 spiro atoms. The molecule has 0 radical (unpaired) electrons. The number of rotatable bonds is 3. The second-order valence-electron chi connectivity index (χ2n) is 3.98. The summed E-state index contributed by atoms with van der Waals surface area (Å²) >= 11 is 0. The van der Waals surface area contributed by atoms with Crippen LogP contribution in [0, 0.1) is 0 Å². The van der Waals surface area contributed by atoms with Gasteiger partial charge in [0.25, 0.3) is 0 Å². The van der Waals surface area contributed by atoms with Crippen molar-refractivity contribution in [2.24, 2.45) is 5.73 Å². The maximum absolute atomic E-state index is 9.64. The first-order valence-corrected chi connectivity index (χ1v) is 4.88. The van der Waals surface area contributed by atoms with Crippen LogP contribution in [0.3, 0.4) is 0 Å². The van der Waals surface area contributed by atoms with Crippen molar-refractivity contribution in [3.05, 3.63) is 29.3 Å². The van der Waals surface area contributed by atoms with Crippen molar-refractivity contribution < 1.29 is 10.2 Å². The SMILES string of the molecule is NC1(c2cc(CCO)ccc2O)CC1. The van der Waals surface area contributed by atoms with Crippen LogP contribution in [-0.4, -0.2) is 16.8 Å². The van der Waals surface area contributed by atoms with Crippen molar-refractivity contribution in [3.63, 3.8) is 0 Å². The molecule has 0 atom stereocenters. The largest absolute Gasteiger partial charge is 0.508 e. The number of aliphatic hydroxyl groups excluding tert-OH is 1. The Morgan fingerprint density at radius 1 is 1.36 bits per heavy atom. The number of hydrogen-bond acceptors (Lipinski definition) is 3. The molecule has 1 saturated carbocycles. The molecule has 0 bridgehead atoms. The van der Waals surface area contributed by atoms with Gasteiger partial charge in [-0.1, -0.05) is 12.1 Å². The summed E-state index contributed by atoms with van der Waals surface area (Å²) in [6.45, 7) is 0.127. The lowest BCUT2D eigenvalue weighted by Gasteiger charge is -2.12. The lowest BCUT2D eigenvalue weighted by Crippen LogP contribution is -2.19. The zero-order valence-corrected chi connectivity index (χ0v) is 8.03. The van der Waals surface area contributed by atoms with Gasteiger partial charge in [0.05, 0.1) is 0 Å². The van der Waals surface area contributed by atoms with Gasteiger partial charge in [0.15, 0.2) is 0 Å². The van der Waals surface area contributed by atoms with Crippen LogP contribution in [0.1, 0.15) is 24.0 Å². The van der Waals surface area contributed by atoms with E-state index in [2.05, 4.69) is 0 Å². The third kappa shape index (κ3) is 1.61. The second-order valence-corrected chi connectivity index (χ2v) is 3.98. The minimum absolute atomic E-state index is 0.127. The van der Waals surface area contributed by atoms with Crippen molar-refractivity contribution in [1.82, 2.24) is 0 Å². The summed E-state index contributed by atoms with van der Waals surface area (Å²) in [7, 11) is 0. The fraction of sp³-hybridized carbons (Fsp3) is 0.455. The molecule has 3 heteroatoms. The first-order valence-electron chi connectivity index (χ1n) is 4.88. The Labute approximate surface area is 83.2 Å². The van der Waals surface area contributed by atoms with Gasteiger partial charge in [-0.15, -0.1) is 0 Å². The predicted octanol–water partition coefficient (Wildman–Crippen LogP) is 0.875. The highest BCUT2D eigenvalue weighted by Crippen LogP contribution is 2.46. The van der Waals surface area contributed by atoms with Gasteiger partial charge in [-0.25, -0.2) is 0 Å². The molecule has 0 unspecified atom stereocenters. The molecule has 2 rings (SSSR count). The molecule has 1 aliphatic carbocycles. The Bertz CT molecular complexity index is 345. The van der Waals surface area contributed by atoms with Crippen LogP contribution in [0.25, 0.3) is 0 Å². The first kappa shape index (κ1) is 9.49. The molecule has 1 aromatic carbocycles. The fourth-order valence-corrected chi connectivity index (χ4v) is 1.67. The van der Waals surface area contributed by atoms with Gasteiger partial charge in [-0.3, -0.25) is 0 Å². The van der Waals surface area contributed by atoms with E-state index in [4.69, 9.17) is 10.8 Å². The lowest BCUT2D eigenvalue weighted by molar-refractivity contribution is 0.299. The Morgan fingerprint density at radius 2 is 2.07 bits per heavy atom. The Morgan fingerprint density at radius 3 is 2.64 bits per heavy atom. The molecule has 0 heterocycles. The van der Waals surface area contributed by atoms with E-state index in [1.165, 1.54) is 0 Å². The maximum Gasteiger partial charge on any atom is 0.120 e. The molecular formula is C11H15NO2. The number of phenols is 1. The summed E-state index contributed by atoms with van der Waals surface area (Å²) in [5.41, 5.74) is 7.55. The smallest absolute Gasteiger partial charge is 0.120 e. The summed E-state index contributed by atoms with van der Waals surface area (Å²) in [5.74, 6) is 0.270. The summed E-state index contributed by atoms with van der Waals surface area (Å²) < 4.78 is 0. The molecule has 76 valence electrons. The lowest BCUT2D eigenvalue weighted by atomic mass is 10.0. The molecule has 1 aromatic rings. The highest BCUT2D eigenvalue weighted by atomic mass is 16.3. The van der Waals surface area contributed by atoms with Crippen LogP contribution in [0.15, 0.2) is 18.2 Å². The second kappa shape index (κ2) is 3.26. The van der Waals surface area contributed by atoms with Crippen LogP contribution < -0.4 is 5.73 Å². The molecular weight excluding hydrogens is 178 g/mol. The van der Waals surface area contributed by atoms with Crippen molar-refractivity contribution in [2.75, 3.05) is 6.61 Å². The summed E-state index contributed by atoms with van der Waals surface area (Å²) in [6.07, 6.45) is 2.48. The van der Waals surface area contributed by atoms with Gasteiger partial charge in [0.2, 0.25) is 0 Å². The molecule has 14 heavy (non-hydrogen) atoms. The minimum Gasteiger partial charge on any atom is -0.508 e. The van der Waals surface area contributed by atoms with Crippen LogP contribution in [0.2, 0.25) is 0 Å². The van der Waals surface area contributed by atoms with E-state index in [1.807, 2.05) is 12.1 Å². The zero-order chi connectivity index (χ0) is 10.2. The van der Waals surface area contributed by atoms with E-state index in [1.54, 1.807) is 6.07 Å². The highest BCUT2D eigenvalue weighted by Gasteiger charge is 2.41. The van der Waals surface area contributed by atoms with Gasteiger partial charge >= 0.3 is 0 Å². The normalized spacial score (nSPS) is 18.1. The fourth-order valence-electron chi connectivity index (χ4n) is 1.67. The number of aromatic hydroxyl groups is 1. The summed E-state index contributed by atoms with van der Waals surface area (Å²) in [6, 6.07) is 5.38. The summed E-state index contributed by atoms with van der Waals surface area (Å²) in [5, 5.41) is 18.4. The molecule has 0 saturated heterocycles. The highest BCUT2D eigenvalue weighted by molar-refractivity contribution is 5.43. The monoisotopic (exact) mass is 193 g/mol. The van der Waals surface area contributed by atoms with E-state index in [-0.39, 0.29) is 17.9 Å². The van der Waals surface area contributed by atoms with E-state index in [0.29, 0.717) is 6.42 Å². The molecule has 0 amide bonds. The third-order valence-corrected chi connectivity index (χ3v) is 2.79. The number of hydrogen-bond donors (Lipinski definition) is 3. The van der Waals surface area contributed by atoms with Crippen LogP contribution in [-0.2, 0) is 12.0 Å². The predicted molar refractivity (Wildman–Crippen MR) is 54.0 cm³/mol. The van der Waals surface area contributed by atoms with Crippen LogP contribution in [0.5, 0.6) is 5.75 Å². The first-order chi connectivity index (χ1) is 6.65. The van der Waals surface area contributed by atoms with E-state index in [9.17, 15) is 5.11 Å². The van der Waals surface area contributed by atoms with Gasteiger partial charge < -0.3 is 15.9 Å². The number of benzene rings is 1. The Kier molecular flexibility index (Phi) is 2.21. The molecule has 1 aliphatic rings. The Balaban J connectivity index is 2.33. The van der Waals surface area contributed by atoms with Gasteiger partial charge in [0.1, 0.15) is 5.75 Å². The van der Waals surface area contributed by atoms with Crippen molar-refractivity contribution in [1.29, 1.82) is 0 Å². The number of aliphatic hydroxyl groups is 1. The van der Waals surface area contributed by atoms with E-state index in [0.717, 1.165) is 24.0 Å². The molecule has 0 aromatic heterocycles. The van der Waals surface area contributed by atoms with Gasteiger partial charge in [0, 0.05) is 17.7 Å². The van der Waals surface area contributed by atoms with E-state index >= 15 is 0 Å². The quantitative estimate of drug-likeness (QED) is 0.667. The van der Waals surface area contributed by atoms with Crippen LogP contribution in [0.4, 0.5) is 0 Å². The Hall–Kier alpha value is -1.06. The molecule has 0 aliphatic heterocycles. The van der Waals surface area contributed by atoms with E-state index < -0.39 is 0 Å². The minimum atomic E-state index is -0.310. The topological polar surface area (TPSA) is 66.5 Å². The maximum atomic E-state index is 9.64. The number of phenolic OH excluding ortho intramolecular Hbond substituents is 1. The summed E-state index contributed by atoms with van der Waals surface area (Å²) in [4.78, 5) is 0. The van der Waals surface area contributed by atoms with Crippen molar-refractivity contribution >= 4 is 0 Å². The van der Waals surface area contributed by atoms with Crippen LogP contribution >= 0.6 is 0 Å². The molecule has 3 nitrogen and oxygen atoms in total. The standard InChI is InChI=1S/C11H15NO2/c12-11(4-5-11)9-7-8(3-6-13)1-2-10(9)14/h1-2,7,13-14H,3-6,12H2. The number of nitrogens with two attached hydrogens (primary N) is 1. The molecule has 1 fully saturated rings. The zero-order valence-electron chi connectivity index (χ0n) is 8.03. The molecule has 4 N–H and O–H groups in total. The average Bonchev–Trinajstić information content (AvgIpc) is 2.89. The van der Waals surface area contributed by atoms with Crippen molar-refractivity contribution in [3.8, 4) is 5.75 Å². The third-order valence-electron chi connectivity index (χ3n) is 2.79. The van der Waals surface area contributed by atoms with Gasteiger partial charge in [-0.05, 0) is 30.9 Å².